The predicted molar refractivity (Wildman–Crippen MR) is 58.3 cm³/mol. The summed E-state index contributed by atoms with van der Waals surface area (Å²) in [5, 5.41) is 0. The lowest BCUT2D eigenvalue weighted by atomic mass is 10.0. The number of nitrogens with zero attached hydrogens (tertiary/aromatic N) is 1. The van der Waals surface area contributed by atoms with Gasteiger partial charge >= 0.3 is 0 Å². The van der Waals surface area contributed by atoms with Crippen LogP contribution in [0.5, 0.6) is 0 Å². The van der Waals surface area contributed by atoms with E-state index < -0.39 is 0 Å². The highest BCUT2D eigenvalue weighted by Crippen LogP contribution is 2.43. The fraction of sp³-hybridized carbons (Fsp3) is 1.00. The number of hydrogen-bond acceptors (Lipinski definition) is 2. The number of ether oxygens (including phenoxy) is 1. The second kappa shape index (κ2) is 3.49. The molecule has 82 valence electrons. The van der Waals surface area contributed by atoms with Gasteiger partial charge in [-0.3, -0.25) is 4.90 Å². The van der Waals surface area contributed by atoms with E-state index in [4.69, 9.17) is 4.74 Å². The molecule has 1 aliphatic carbocycles. The maximum absolute atomic E-state index is 5.27. The topological polar surface area (TPSA) is 12.5 Å². The van der Waals surface area contributed by atoms with Crippen LogP contribution in [0.4, 0.5) is 0 Å². The number of hydrogen-bond donors (Lipinski definition) is 0. The lowest BCUT2D eigenvalue weighted by Gasteiger charge is -2.35. The second-order valence-electron chi connectivity index (χ2n) is 5.41. The summed E-state index contributed by atoms with van der Waals surface area (Å²) in [4.78, 5) is 2.69. The van der Waals surface area contributed by atoms with Crippen LogP contribution in [-0.2, 0) is 4.74 Å². The standard InChI is InChI=1S/C12H21NO.H2/c1-2-9-3-10-5-13(6-11(10)4-9)12-7-14-8-12;/h9-12H,2-8H2,1H3;1H/t9?,10-,11?;/m1./s1. The van der Waals surface area contributed by atoms with Crippen LogP contribution in [0.3, 0.4) is 0 Å². The third-order valence-electron chi connectivity index (χ3n) is 4.59. The van der Waals surface area contributed by atoms with E-state index in [9.17, 15) is 0 Å². The molecule has 0 spiro atoms. The Morgan fingerprint density at radius 2 is 1.86 bits per heavy atom. The van der Waals surface area contributed by atoms with Gasteiger partial charge in [-0.15, -0.1) is 0 Å². The molecule has 3 aliphatic rings. The Balaban J connectivity index is 0.000000853. The average Bonchev–Trinajstić information content (AvgIpc) is 2.57. The van der Waals surface area contributed by atoms with Gasteiger partial charge in [-0.25, -0.2) is 0 Å². The van der Waals surface area contributed by atoms with E-state index in [2.05, 4.69) is 11.8 Å². The molecule has 3 fully saturated rings. The summed E-state index contributed by atoms with van der Waals surface area (Å²) in [5.41, 5.74) is 0. The van der Waals surface area contributed by atoms with E-state index in [0.717, 1.165) is 37.0 Å². The van der Waals surface area contributed by atoms with Crippen molar-refractivity contribution in [2.45, 2.75) is 32.2 Å². The zero-order chi connectivity index (χ0) is 9.54. The van der Waals surface area contributed by atoms with Crippen LogP contribution in [0.2, 0.25) is 0 Å². The molecule has 2 heterocycles. The molecule has 0 aromatic heterocycles. The summed E-state index contributed by atoms with van der Waals surface area (Å²) >= 11 is 0. The Morgan fingerprint density at radius 3 is 2.29 bits per heavy atom. The van der Waals surface area contributed by atoms with Crippen molar-refractivity contribution in [1.82, 2.24) is 4.90 Å². The third-order valence-corrected chi connectivity index (χ3v) is 4.59. The minimum Gasteiger partial charge on any atom is -0.378 e. The van der Waals surface area contributed by atoms with Crippen LogP contribution < -0.4 is 0 Å². The van der Waals surface area contributed by atoms with Crippen molar-refractivity contribution < 1.29 is 6.16 Å². The summed E-state index contributed by atoms with van der Waals surface area (Å²) < 4.78 is 5.27. The van der Waals surface area contributed by atoms with E-state index in [1.165, 1.54) is 32.4 Å². The normalized spacial score (nSPS) is 43.9. The van der Waals surface area contributed by atoms with E-state index >= 15 is 0 Å². The fourth-order valence-electron chi connectivity index (χ4n) is 3.53. The lowest BCUT2D eigenvalue weighted by Crippen LogP contribution is -2.48. The van der Waals surface area contributed by atoms with E-state index in [1.807, 2.05) is 0 Å². The van der Waals surface area contributed by atoms with Gasteiger partial charge in [-0.05, 0) is 30.6 Å². The van der Waals surface area contributed by atoms with Crippen LogP contribution in [0, 0.1) is 17.8 Å². The smallest absolute Gasteiger partial charge is 0.0645 e. The number of likely N-dealkylation sites (tertiary alicyclic amines) is 1. The Labute approximate surface area is 88.1 Å². The van der Waals surface area contributed by atoms with Crippen molar-refractivity contribution in [3.63, 3.8) is 0 Å². The maximum atomic E-state index is 5.27. The van der Waals surface area contributed by atoms with Gasteiger partial charge in [0.15, 0.2) is 0 Å². The zero-order valence-electron chi connectivity index (χ0n) is 9.11. The van der Waals surface area contributed by atoms with Crippen LogP contribution in [0.15, 0.2) is 0 Å². The molecule has 0 N–H and O–H groups in total. The monoisotopic (exact) mass is 197 g/mol. The van der Waals surface area contributed by atoms with Crippen LogP contribution in [0.1, 0.15) is 27.6 Å². The first-order valence-corrected chi connectivity index (χ1v) is 6.18. The van der Waals surface area contributed by atoms with Gasteiger partial charge in [0.1, 0.15) is 0 Å². The molecule has 2 unspecified atom stereocenters. The number of rotatable bonds is 2. The van der Waals surface area contributed by atoms with E-state index in [1.54, 1.807) is 0 Å². The molecule has 3 rings (SSSR count). The van der Waals surface area contributed by atoms with Crippen molar-refractivity contribution in [2.24, 2.45) is 17.8 Å². The maximum Gasteiger partial charge on any atom is 0.0645 e. The first-order valence-electron chi connectivity index (χ1n) is 6.18. The van der Waals surface area contributed by atoms with Crippen LogP contribution in [0.25, 0.3) is 0 Å². The van der Waals surface area contributed by atoms with E-state index in [0.29, 0.717) is 0 Å². The molecule has 3 atom stereocenters. The summed E-state index contributed by atoms with van der Waals surface area (Å²) in [6, 6.07) is 0.778. The molecule has 0 radical (unpaired) electrons. The van der Waals surface area contributed by atoms with Gasteiger partial charge < -0.3 is 4.74 Å². The van der Waals surface area contributed by atoms with Gasteiger partial charge in [0.05, 0.1) is 19.3 Å². The molecule has 0 bridgehead atoms. The quantitative estimate of drug-likeness (QED) is 0.671. The zero-order valence-corrected chi connectivity index (χ0v) is 9.11. The van der Waals surface area contributed by atoms with Gasteiger partial charge in [0.25, 0.3) is 0 Å². The van der Waals surface area contributed by atoms with Crippen LogP contribution in [-0.4, -0.2) is 37.2 Å². The van der Waals surface area contributed by atoms with Crippen molar-refractivity contribution in [1.29, 1.82) is 0 Å². The van der Waals surface area contributed by atoms with Crippen molar-refractivity contribution >= 4 is 0 Å². The minimum atomic E-state index is 0. The first-order chi connectivity index (χ1) is 6.86. The minimum absolute atomic E-state index is 0. The largest absolute Gasteiger partial charge is 0.378 e. The van der Waals surface area contributed by atoms with Gasteiger partial charge in [-0.1, -0.05) is 13.3 Å². The molecular formula is C12H23NO. The molecule has 0 amide bonds. The van der Waals surface area contributed by atoms with Gasteiger partial charge in [0, 0.05) is 14.5 Å². The fourth-order valence-corrected chi connectivity index (χ4v) is 3.53. The lowest BCUT2D eigenvalue weighted by molar-refractivity contribution is -0.0596. The molecule has 0 aromatic rings. The predicted octanol–water partition coefficient (Wildman–Crippen LogP) is 2.00. The highest BCUT2D eigenvalue weighted by Gasteiger charge is 2.43. The second-order valence-corrected chi connectivity index (χ2v) is 5.41. The summed E-state index contributed by atoms with van der Waals surface area (Å²) in [5.74, 6) is 3.10. The summed E-state index contributed by atoms with van der Waals surface area (Å²) in [6.45, 7) is 7.08. The Morgan fingerprint density at radius 1 is 1.21 bits per heavy atom. The van der Waals surface area contributed by atoms with Crippen molar-refractivity contribution in [2.75, 3.05) is 26.3 Å². The molecule has 1 saturated carbocycles. The van der Waals surface area contributed by atoms with Crippen molar-refractivity contribution in [3.05, 3.63) is 0 Å². The Kier molecular flexibility index (Phi) is 2.29. The Hall–Kier alpha value is -0.0800. The van der Waals surface area contributed by atoms with Gasteiger partial charge in [0.2, 0.25) is 0 Å². The summed E-state index contributed by atoms with van der Waals surface area (Å²) in [6.07, 6.45) is 4.41. The molecule has 0 aromatic carbocycles. The SMILES string of the molecule is CCC1CC2CN(C3COC3)C[C@H]2C1.[HH]. The molecule has 14 heavy (non-hydrogen) atoms. The van der Waals surface area contributed by atoms with Crippen molar-refractivity contribution in [3.8, 4) is 0 Å². The summed E-state index contributed by atoms with van der Waals surface area (Å²) in [7, 11) is 0. The molecular weight excluding hydrogens is 174 g/mol. The highest BCUT2D eigenvalue weighted by atomic mass is 16.5. The van der Waals surface area contributed by atoms with Gasteiger partial charge in [-0.2, -0.15) is 0 Å². The third kappa shape index (κ3) is 1.40. The highest BCUT2D eigenvalue weighted by molar-refractivity contribution is 4.95. The molecule has 2 saturated heterocycles. The first kappa shape index (κ1) is 9.17. The average molecular weight is 197 g/mol. The molecule has 2 heteroatoms. The van der Waals surface area contributed by atoms with E-state index in [-0.39, 0.29) is 1.43 Å². The Bertz CT molecular complexity index is 206. The number of fused-ring (bicyclic) bond motifs is 1. The molecule has 2 nitrogen and oxygen atoms in total. The molecule has 2 aliphatic heterocycles. The van der Waals surface area contributed by atoms with Crippen LogP contribution >= 0.6 is 0 Å².